The molecule has 2 atom stereocenters. The number of para-hydroxylation sites is 1. The van der Waals surface area contributed by atoms with Crippen LogP contribution in [0.25, 0.3) is 0 Å². The molecule has 128 valence electrons. The molecule has 0 fully saturated rings. The molecule has 2 aromatic rings. The van der Waals surface area contributed by atoms with Crippen molar-refractivity contribution in [2.75, 3.05) is 5.32 Å². The molecule has 0 unspecified atom stereocenters. The minimum absolute atomic E-state index is 0.131. The van der Waals surface area contributed by atoms with Gasteiger partial charge in [-0.15, -0.1) is 0 Å². The van der Waals surface area contributed by atoms with Gasteiger partial charge in [0.2, 0.25) is 0 Å². The van der Waals surface area contributed by atoms with Crippen molar-refractivity contribution >= 4 is 11.7 Å². The second-order valence-corrected chi connectivity index (χ2v) is 6.95. The van der Waals surface area contributed by atoms with Crippen molar-refractivity contribution in [3.05, 3.63) is 66.2 Å². The zero-order chi connectivity index (χ0) is 17.6. The molecule has 0 spiro atoms. The first-order valence-corrected chi connectivity index (χ1v) is 8.50. The number of hydrogen-bond acceptors (Lipinski definition) is 3. The van der Waals surface area contributed by atoms with Crippen LogP contribution in [-0.4, -0.2) is 11.6 Å². The summed E-state index contributed by atoms with van der Waals surface area (Å²) < 4.78 is 5.65. The number of rotatable bonds is 6. The van der Waals surface area contributed by atoms with Gasteiger partial charge in [0.15, 0.2) is 0 Å². The molecule has 2 rings (SSSR count). The molecular formula is C21H27NO2. The van der Waals surface area contributed by atoms with Gasteiger partial charge in [-0.1, -0.05) is 55.5 Å². The van der Waals surface area contributed by atoms with Crippen LogP contribution in [0.2, 0.25) is 0 Å². The molecule has 0 radical (unpaired) electrons. The van der Waals surface area contributed by atoms with Gasteiger partial charge in [-0.25, -0.2) is 0 Å². The Morgan fingerprint density at radius 2 is 1.54 bits per heavy atom. The molecule has 24 heavy (non-hydrogen) atoms. The van der Waals surface area contributed by atoms with Gasteiger partial charge in [-0.2, -0.15) is 0 Å². The predicted octanol–water partition coefficient (Wildman–Crippen LogP) is 5.21. The Morgan fingerprint density at radius 3 is 2.04 bits per heavy atom. The molecule has 3 heteroatoms. The highest BCUT2D eigenvalue weighted by molar-refractivity contribution is 5.75. The van der Waals surface area contributed by atoms with Gasteiger partial charge in [0, 0.05) is 5.69 Å². The third kappa shape index (κ3) is 5.12. The summed E-state index contributed by atoms with van der Waals surface area (Å²) in [6.45, 7) is 7.73. The average Bonchev–Trinajstić information content (AvgIpc) is 2.55. The van der Waals surface area contributed by atoms with Gasteiger partial charge in [0.05, 0.1) is 12.0 Å². The van der Waals surface area contributed by atoms with Crippen LogP contribution in [0.1, 0.15) is 45.7 Å². The van der Waals surface area contributed by atoms with Crippen LogP contribution in [-0.2, 0) is 9.53 Å². The quantitative estimate of drug-likeness (QED) is 0.741. The van der Waals surface area contributed by atoms with E-state index in [4.69, 9.17) is 4.74 Å². The fraction of sp³-hybridized carbons (Fsp3) is 0.381. The van der Waals surface area contributed by atoms with E-state index >= 15 is 0 Å². The first-order chi connectivity index (χ1) is 11.4. The smallest absolute Gasteiger partial charge is 0.311 e. The van der Waals surface area contributed by atoms with E-state index in [9.17, 15) is 4.79 Å². The first-order valence-electron chi connectivity index (χ1n) is 8.50. The molecule has 0 bridgehead atoms. The molecule has 0 aliphatic heterocycles. The SMILES string of the molecule is CC[C@@H](C(=O)OC(C)(C)C)[C@H](Nc1ccccc1)c1ccccc1. The molecular weight excluding hydrogens is 298 g/mol. The fourth-order valence-electron chi connectivity index (χ4n) is 2.71. The molecule has 0 aliphatic rings. The summed E-state index contributed by atoms with van der Waals surface area (Å²) in [5.41, 5.74) is 1.59. The topological polar surface area (TPSA) is 38.3 Å². The van der Waals surface area contributed by atoms with Gasteiger partial charge in [0.25, 0.3) is 0 Å². The fourth-order valence-corrected chi connectivity index (χ4v) is 2.71. The molecule has 0 saturated carbocycles. The summed E-state index contributed by atoms with van der Waals surface area (Å²) in [6, 6.07) is 19.9. The highest BCUT2D eigenvalue weighted by atomic mass is 16.6. The van der Waals surface area contributed by atoms with E-state index in [1.54, 1.807) is 0 Å². The summed E-state index contributed by atoms with van der Waals surface area (Å²) in [6.07, 6.45) is 0.703. The second kappa shape index (κ2) is 8.00. The van der Waals surface area contributed by atoms with E-state index in [0.717, 1.165) is 11.3 Å². The summed E-state index contributed by atoms with van der Waals surface area (Å²) >= 11 is 0. The molecule has 2 aromatic carbocycles. The maximum Gasteiger partial charge on any atom is 0.311 e. The van der Waals surface area contributed by atoms with E-state index in [2.05, 4.69) is 5.32 Å². The van der Waals surface area contributed by atoms with E-state index in [1.807, 2.05) is 88.4 Å². The van der Waals surface area contributed by atoms with E-state index < -0.39 is 5.60 Å². The molecule has 3 nitrogen and oxygen atoms in total. The Bertz CT molecular complexity index is 632. The Hall–Kier alpha value is -2.29. The van der Waals surface area contributed by atoms with Gasteiger partial charge in [0.1, 0.15) is 5.60 Å². The Balaban J connectivity index is 2.31. The maximum absolute atomic E-state index is 12.7. The summed E-state index contributed by atoms with van der Waals surface area (Å²) in [5.74, 6) is -0.422. The van der Waals surface area contributed by atoms with Crippen LogP contribution in [0.15, 0.2) is 60.7 Å². The third-order valence-corrected chi connectivity index (χ3v) is 3.81. The van der Waals surface area contributed by atoms with Crippen molar-refractivity contribution in [3.63, 3.8) is 0 Å². The number of benzene rings is 2. The molecule has 0 saturated heterocycles. The minimum atomic E-state index is -0.488. The highest BCUT2D eigenvalue weighted by Crippen LogP contribution is 2.31. The summed E-state index contributed by atoms with van der Waals surface area (Å²) in [7, 11) is 0. The lowest BCUT2D eigenvalue weighted by molar-refractivity contribution is -0.160. The first kappa shape index (κ1) is 18.1. The molecule has 0 heterocycles. The van der Waals surface area contributed by atoms with Crippen LogP contribution in [0.4, 0.5) is 5.69 Å². The molecule has 1 N–H and O–H groups in total. The largest absolute Gasteiger partial charge is 0.460 e. The summed E-state index contributed by atoms with van der Waals surface area (Å²) in [5, 5.41) is 3.51. The van der Waals surface area contributed by atoms with Crippen molar-refractivity contribution in [2.24, 2.45) is 5.92 Å². The van der Waals surface area contributed by atoms with Gasteiger partial charge >= 0.3 is 5.97 Å². The molecule has 0 aromatic heterocycles. The lowest BCUT2D eigenvalue weighted by Gasteiger charge is -2.30. The highest BCUT2D eigenvalue weighted by Gasteiger charge is 2.32. The van der Waals surface area contributed by atoms with Gasteiger partial charge < -0.3 is 10.1 Å². The Labute approximate surface area is 145 Å². The van der Waals surface area contributed by atoms with Crippen LogP contribution < -0.4 is 5.32 Å². The minimum Gasteiger partial charge on any atom is -0.460 e. The number of nitrogens with one attached hydrogen (secondary N) is 1. The number of ether oxygens (including phenoxy) is 1. The zero-order valence-corrected chi connectivity index (χ0v) is 15.0. The second-order valence-electron chi connectivity index (χ2n) is 6.95. The standard InChI is InChI=1S/C21H27NO2/c1-5-18(20(23)24-21(2,3)4)19(16-12-8-6-9-13-16)22-17-14-10-7-11-15-17/h6-15,18-19,22H,5H2,1-4H3/t18-,19-/m1/s1. The van der Waals surface area contributed by atoms with Crippen molar-refractivity contribution in [1.29, 1.82) is 0 Å². The summed E-state index contributed by atoms with van der Waals surface area (Å²) in [4.78, 5) is 12.7. The normalized spacial score (nSPS) is 13.8. The van der Waals surface area contributed by atoms with Crippen molar-refractivity contribution < 1.29 is 9.53 Å². The maximum atomic E-state index is 12.7. The van der Waals surface area contributed by atoms with Crippen molar-refractivity contribution in [3.8, 4) is 0 Å². The van der Waals surface area contributed by atoms with Crippen molar-refractivity contribution in [2.45, 2.75) is 45.8 Å². The third-order valence-electron chi connectivity index (χ3n) is 3.81. The van der Waals surface area contributed by atoms with Gasteiger partial charge in [-0.3, -0.25) is 4.79 Å². The number of anilines is 1. The van der Waals surface area contributed by atoms with Crippen LogP contribution in [0.5, 0.6) is 0 Å². The predicted molar refractivity (Wildman–Crippen MR) is 98.9 cm³/mol. The molecule has 0 aliphatic carbocycles. The monoisotopic (exact) mass is 325 g/mol. The van der Waals surface area contributed by atoms with Gasteiger partial charge in [-0.05, 0) is 44.9 Å². The Morgan fingerprint density at radius 1 is 1.00 bits per heavy atom. The number of esters is 1. The van der Waals surface area contributed by atoms with Crippen LogP contribution in [0, 0.1) is 5.92 Å². The zero-order valence-electron chi connectivity index (χ0n) is 15.0. The van der Waals surface area contributed by atoms with E-state index in [-0.39, 0.29) is 17.9 Å². The van der Waals surface area contributed by atoms with Crippen molar-refractivity contribution in [1.82, 2.24) is 0 Å². The van der Waals surface area contributed by atoms with E-state index in [0.29, 0.717) is 6.42 Å². The number of carbonyl (C=O) groups excluding carboxylic acids is 1. The number of carbonyl (C=O) groups is 1. The average molecular weight is 325 g/mol. The lowest BCUT2D eigenvalue weighted by atomic mass is 9.90. The van der Waals surface area contributed by atoms with Crippen LogP contribution >= 0.6 is 0 Å². The molecule has 0 amide bonds. The number of hydrogen-bond donors (Lipinski definition) is 1. The lowest BCUT2D eigenvalue weighted by Crippen LogP contribution is -2.34. The Kier molecular flexibility index (Phi) is 6.02. The van der Waals surface area contributed by atoms with Crippen LogP contribution in [0.3, 0.4) is 0 Å². The van der Waals surface area contributed by atoms with E-state index in [1.165, 1.54) is 0 Å².